The Balaban J connectivity index is 2.07. The van der Waals surface area contributed by atoms with E-state index in [2.05, 4.69) is 5.32 Å². The van der Waals surface area contributed by atoms with Crippen molar-refractivity contribution in [3.8, 4) is 5.75 Å². The number of carbonyl (C=O) groups excluding carboxylic acids is 1. The summed E-state index contributed by atoms with van der Waals surface area (Å²) in [5, 5.41) is 12.6. The molecule has 0 bridgehead atoms. The summed E-state index contributed by atoms with van der Waals surface area (Å²) in [6.07, 6.45) is -1.76. The van der Waals surface area contributed by atoms with Crippen molar-refractivity contribution in [1.82, 2.24) is 0 Å². The summed E-state index contributed by atoms with van der Waals surface area (Å²) in [4.78, 5) is 23.6. The van der Waals surface area contributed by atoms with E-state index >= 15 is 0 Å². The maximum atomic E-state index is 12.1. The molecule has 2 rings (SSSR count). The number of methoxy groups -OCH3 is 1. The first kappa shape index (κ1) is 23.8. The van der Waals surface area contributed by atoms with Gasteiger partial charge in [-0.1, -0.05) is 29.3 Å². The fourth-order valence-electron chi connectivity index (χ4n) is 2.69. The molecule has 2 aromatic carbocycles. The number of anilines is 1. The lowest BCUT2D eigenvalue weighted by molar-refractivity contribution is -0.153. The van der Waals surface area contributed by atoms with Gasteiger partial charge in [0.05, 0.1) is 23.9 Å². The van der Waals surface area contributed by atoms with Gasteiger partial charge in [0.1, 0.15) is 12.4 Å². The molecule has 9 heteroatoms. The van der Waals surface area contributed by atoms with E-state index in [0.29, 0.717) is 27.6 Å². The van der Waals surface area contributed by atoms with Crippen LogP contribution < -0.4 is 10.1 Å². The SMILES string of the molecule is COc1ccc(CC(OC(C)C)C(=O)O)cc1COC(=O)Nc1ccc(Cl)cc1Cl. The summed E-state index contributed by atoms with van der Waals surface area (Å²) in [5.74, 6) is -0.538. The molecule has 0 saturated heterocycles. The van der Waals surface area contributed by atoms with Gasteiger partial charge in [-0.3, -0.25) is 5.32 Å². The van der Waals surface area contributed by atoms with Crippen molar-refractivity contribution in [2.24, 2.45) is 0 Å². The van der Waals surface area contributed by atoms with E-state index in [1.165, 1.54) is 13.2 Å². The molecule has 30 heavy (non-hydrogen) atoms. The number of hydrogen-bond donors (Lipinski definition) is 2. The van der Waals surface area contributed by atoms with E-state index in [9.17, 15) is 14.7 Å². The highest BCUT2D eigenvalue weighted by atomic mass is 35.5. The summed E-state index contributed by atoms with van der Waals surface area (Å²) in [6.45, 7) is 3.46. The molecule has 1 atom stereocenters. The maximum absolute atomic E-state index is 12.1. The van der Waals surface area contributed by atoms with E-state index in [-0.39, 0.29) is 24.2 Å². The summed E-state index contributed by atoms with van der Waals surface area (Å²) in [6, 6.07) is 9.82. The highest BCUT2D eigenvalue weighted by molar-refractivity contribution is 6.36. The van der Waals surface area contributed by atoms with E-state index in [4.69, 9.17) is 37.4 Å². The molecular formula is C21H23Cl2NO6. The standard InChI is InChI=1S/C21H23Cl2NO6/c1-12(2)30-19(20(25)26)9-13-4-7-18(28-3)14(8-13)11-29-21(27)24-17-6-5-15(22)10-16(17)23/h4-8,10,12,19H,9,11H2,1-3H3,(H,24,27)(H,25,26). The Morgan fingerprint density at radius 2 is 1.87 bits per heavy atom. The van der Waals surface area contributed by atoms with Crippen molar-refractivity contribution in [2.45, 2.75) is 39.1 Å². The van der Waals surface area contributed by atoms with Crippen LogP contribution in [0.4, 0.5) is 10.5 Å². The van der Waals surface area contributed by atoms with Crippen LogP contribution >= 0.6 is 23.2 Å². The molecule has 0 aliphatic heterocycles. The quantitative estimate of drug-likeness (QED) is 0.541. The molecule has 7 nitrogen and oxygen atoms in total. The fraction of sp³-hybridized carbons (Fsp3) is 0.333. The van der Waals surface area contributed by atoms with Gasteiger partial charge in [0.2, 0.25) is 0 Å². The minimum Gasteiger partial charge on any atom is -0.496 e. The second kappa shape index (κ2) is 11.1. The minimum atomic E-state index is -1.04. The summed E-state index contributed by atoms with van der Waals surface area (Å²) >= 11 is 11.9. The Hall–Kier alpha value is -2.48. The molecule has 0 aliphatic rings. The molecule has 2 aromatic rings. The monoisotopic (exact) mass is 455 g/mol. The molecular weight excluding hydrogens is 433 g/mol. The zero-order chi connectivity index (χ0) is 22.3. The van der Waals surface area contributed by atoms with E-state index < -0.39 is 18.2 Å². The predicted molar refractivity (Wildman–Crippen MR) is 115 cm³/mol. The van der Waals surface area contributed by atoms with E-state index in [1.807, 2.05) is 0 Å². The van der Waals surface area contributed by atoms with Crippen LogP contribution in [0.15, 0.2) is 36.4 Å². The van der Waals surface area contributed by atoms with Crippen molar-refractivity contribution in [3.63, 3.8) is 0 Å². The smallest absolute Gasteiger partial charge is 0.412 e. The largest absolute Gasteiger partial charge is 0.496 e. The Morgan fingerprint density at radius 1 is 1.13 bits per heavy atom. The Labute approximate surface area is 184 Å². The first-order valence-corrected chi connectivity index (χ1v) is 9.88. The maximum Gasteiger partial charge on any atom is 0.412 e. The van der Waals surface area contributed by atoms with Gasteiger partial charge in [-0.2, -0.15) is 0 Å². The lowest BCUT2D eigenvalue weighted by Crippen LogP contribution is -2.29. The molecule has 0 saturated carbocycles. The molecule has 1 amide bonds. The van der Waals surface area contributed by atoms with Gasteiger partial charge in [0.15, 0.2) is 6.10 Å². The number of amides is 1. The van der Waals surface area contributed by atoms with Crippen molar-refractivity contribution < 1.29 is 28.9 Å². The molecule has 0 fully saturated rings. The average Bonchev–Trinajstić information content (AvgIpc) is 2.67. The highest BCUT2D eigenvalue weighted by Gasteiger charge is 2.21. The third-order valence-electron chi connectivity index (χ3n) is 4.00. The molecule has 1 unspecified atom stereocenters. The number of ether oxygens (including phenoxy) is 3. The van der Waals surface area contributed by atoms with Gasteiger partial charge in [-0.15, -0.1) is 0 Å². The van der Waals surface area contributed by atoms with Gasteiger partial charge in [0.25, 0.3) is 0 Å². The van der Waals surface area contributed by atoms with Crippen molar-refractivity contribution in [2.75, 3.05) is 12.4 Å². The number of carboxylic acids is 1. The van der Waals surface area contributed by atoms with Crippen LogP contribution in [-0.4, -0.2) is 36.5 Å². The lowest BCUT2D eigenvalue weighted by Gasteiger charge is -2.17. The molecule has 0 heterocycles. The zero-order valence-electron chi connectivity index (χ0n) is 16.8. The number of aliphatic carboxylic acids is 1. The minimum absolute atomic E-state index is 0.0865. The van der Waals surface area contributed by atoms with Crippen LogP contribution in [0.2, 0.25) is 10.0 Å². The molecule has 0 aliphatic carbocycles. The number of carbonyl (C=O) groups is 2. The topological polar surface area (TPSA) is 94.1 Å². The Morgan fingerprint density at radius 3 is 2.47 bits per heavy atom. The molecule has 0 spiro atoms. The van der Waals surface area contributed by atoms with Gasteiger partial charge in [-0.05, 0) is 49.7 Å². The lowest BCUT2D eigenvalue weighted by atomic mass is 10.0. The van der Waals surface area contributed by atoms with Gasteiger partial charge >= 0.3 is 12.1 Å². The first-order chi connectivity index (χ1) is 14.2. The first-order valence-electron chi connectivity index (χ1n) is 9.12. The van der Waals surface area contributed by atoms with Crippen molar-refractivity contribution in [1.29, 1.82) is 0 Å². The molecule has 162 valence electrons. The van der Waals surface area contributed by atoms with Crippen molar-refractivity contribution >= 4 is 41.0 Å². The third-order valence-corrected chi connectivity index (χ3v) is 4.55. The molecule has 0 aromatic heterocycles. The number of nitrogens with one attached hydrogen (secondary N) is 1. The molecule has 0 radical (unpaired) electrons. The van der Waals surface area contributed by atoms with Crippen molar-refractivity contribution in [3.05, 3.63) is 57.6 Å². The summed E-state index contributed by atoms with van der Waals surface area (Å²) in [7, 11) is 1.49. The Bertz CT molecular complexity index is 903. The summed E-state index contributed by atoms with van der Waals surface area (Å²) < 4.78 is 16.0. The van der Waals surface area contributed by atoms with Crippen LogP contribution in [0, 0.1) is 0 Å². The Kier molecular flexibility index (Phi) is 8.77. The fourth-order valence-corrected chi connectivity index (χ4v) is 3.14. The number of hydrogen-bond acceptors (Lipinski definition) is 5. The van der Waals surface area contributed by atoms with Crippen LogP contribution in [0.3, 0.4) is 0 Å². The molecule has 2 N–H and O–H groups in total. The van der Waals surface area contributed by atoms with Gasteiger partial charge in [0, 0.05) is 17.0 Å². The number of rotatable bonds is 9. The summed E-state index contributed by atoms with van der Waals surface area (Å²) in [5.41, 5.74) is 1.66. The normalized spacial score (nSPS) is 11.8. The third kappa shape index (κ3) is 7.09. The van der Waals surface area contributed by atoms with Crippen LogP contribution in [0.1, 0.15) is 25.0 Å². The second-order valence-corrected chi connectivity index (χ2v) is 7.53. The predicted octanol–water partition coefficient (Wildman–Crippen LogP) is 5.17. The zero-order valence-corrected chi connectivity index (χ0v) is 18.3. The van der Waals surface area contributed by atoms with Crippen LogP contribution in [0.25, 0.3) is 0 Å². The number of carboxylic acid groups (broad SMARTS) is 1. The average molecular weight is 456 g/mol. The number of benzene rings is 2. The van der Waals surface area contributed by atoms with Gasteiger partial charge < -0.3 is 19.3 Å². The highest BCUT2D eigenvalue weighted by Crippen LogP contribution is 2.26. The van der Waals surface area contributed by atoms with E-state index in [1.54, 1.807) is 44.2 Å². The number of halogens is 2. The van der Waals surface area contributed by atoms with E-state index in [0.717, 1.165) is 0 Å². The second-order valence-electron chi connectivity index (χ2n) is 6.69. The van der Waals surface area contributed by atoms with Crippen LogP contribution in [0.5, 0.6) is 5.75 Å². The van der Waals surface area contributed by atoms with Crippen LogP contribution in [-0.2, 0) is 27.3 Å². The van der Waals surface area contributed by atoms with Gasteiger partial charge in [-0.25, -0.2) is 9.59 Å².